The van der Waals surface area contributed by atoms with Crippen LogP contribution in [0.4, 0.5) is 4.79 Å². The van der Waals surface area contributed by atoms with Crippen LogP contribution in [0.5, 0.6) is 0 Å². The molecule has 3 rings (SSSR count). The van der Waals surface area contributed by atoms with Gasteiger partial charge in [-0.25, -0.2) is 9.59 Å². The van der Waals surface area contributed by atoms with Crippen molar-refractivity contribution in [3.63, 3.8) is 0 Å². The number of nitrogens with zero attached hydrogens (tertiary/aromatic N) is 1. The van der Waals surface area contributed by atoms with E-state index in [0.717, 1.165) is 16.7 Å². The van der Waals surface area contributed by atoms with Crippen LogP contribution >= 0.6 is 0 Å². The summed E-state index contributed by atoms with van der Waals surface area (Å²) in [6, 6.07) is 16.8. The molecule has 0 radical (unpaired) electrons. The number of benzene rings is 2. The van der Waals surface area contributed by atoms with Gasteiger partial charge in [0, 0.05) is 12.5 Å². The van der Waals surface area contributed by atoms with Gasteiger partial charge in [-0.05, 0) is 24.5 Å². The molecule has 0 unspecified atom stereocenters. The molecular weight excluding hydrogens is 330 g/mol. The predicted octanol–water partition coefficient (Wildman–Crippen LogP) is 3.66. The van der Waals surface area contributed by atoms with Gasteiger partial charge in [-0.3, -0.25) is 4.90 Å². The summed E-state index contributed by atoms with van der Waals surface area (Å²) in [5.74, 6) is -0.503. The van der Waals surface area contributed by atoms with Crippen LogP contribution in [0.15, 0.2) is 54.6 Å². The second-order valence-corrected chi connectivity index (χ2v) is 6.51. The number of esters is 1. The molecule has 26 heavy (non-hydrogen) atoms. The molecule has 0 aromatic heterocycles. The van der Waals surface area contributed by atoms with E-state index in [1.54, 1.807) is 0 Å². The summed E-state index contributed by atoms with van der Waals surface area (Å²) >= 11 is 0. The third kappa shape index (κ3) is 3.87. The third-order valence-electron chi connectivity index (χ3n) is 4.75. The number of carbonyl (C=O) groups is 2. The Morgan fingerprint density at radius 1 is 1.12 bits per heavy atom. The molecule has 1 aliphatic heterocycles. The van der Waals surface area contributed by atoms with Gasteiger partial charge in [-0.15, -0.1) is 0 Å². The Morgan fingerprint density at radius 2 is 1.88 bits per heavy atom. The minimum Gasteiger partial charge on any atom is -0.467 e. The lowest BCUT2D eigenvalue weighted by molar-refractivity contribution is -0.145. The van der Waals surface area contributed by atoms with E-state index in [0.29, 0.717) is 13.0 Å². The molecule has 0 spiro atoms. The van der Waals surface area contributed by atoms with Gasteiger partial charge in [0.05, 0.1) is 7.11 Å². The van der Waals surface area contributed by atoms with Gasteiger partial charge in [-0.1, -0.05) is 60.2 Å². The molecule has 2 aromatic carbocycles. The second-order valence-electron chi connectivity index (χ2n) is 6.51. The van der Waals surface area contributed by atoms with Crippen molar-refractivity contribution in [1.29, 1.82) is 0 Å². The molecule has 136 valence electrons. The highest BCUT2D eigenvalue weighted by Crippen LogP contribution is 2.35. The molecule has 2 aromatic rings. The van der Waals surface area contributed by atoms with Gasteiger partial charge in [0.25, 0.3) is 0 Å². The number of ether oxygens (including phenoxy) is 2. The summed E-state index contributed by atoms with van der Waals surface area (Å²) in [6.45, 7) is 2.66. The van der Waals surface area contributed by atoms with Crippen molar-refractivity contribution in [3.8, 4) is 0 Å². The minimum atomic E-state index is -0.662. The maximum absolute atomic E-state index is 12.6. The Labute approximate surface area is 153 Å². The van der Waals surface area contributed by atoms with Gasteiger partial charge in [0.15, 0.2) is 0 Å². The van der Waals surface area contributed by atoms with Crippen molar-refractivity contribution in [1.82, 2.24) is 4.90 Å². The molecule has 0 N–H and O–H groups in total. The molecule has 1 fully saturated rings. The number of amides is 1. The van der Waals surface area contributed by atoms with Crippen LogP contribution in [0.1, 0.15) is 29.0 Å². The number of hydrogen-bond acceptors (Lipinski definition) is 4. The fourth-order valence-corrected chi connectivity index (χ4v) is 3.46. The van der Waals surface area contributed by atoms with Crippen LogP contribution in [0.2, 0.25) is 0 Å². The SMILES string of the molecule is COC(=O)[C@H]1[C@H](c2cccc(C)c2)CCN1C(=O)OCc1ccccc1. The zero-order valence-corrected chi connectivity index (χ0v) is 15.1. The van der Waals surface area contributed by atoms with E-state index in [-0.39, 0.29) is 12.5 Å². The van der Waals surface area contributed by atoms with E-state index in [4.69, 9.17) is 9.47 Å². The molecule has 0 saturated carbocycles. The minimum absolute atomic E-state index is 0.0911. The van der Waals surface area contributed by atoms with Gasteiger partial charge < -0.3 is 9.47 Å². The lowest BCUT2D eigenvalue weighted by atomic mass is 9.91. The highest BCUT2D eigenvalue weighted by Gasteiger charge is 2.44. The number of methoxy groups -OCH3 is 1. The average Bonchev–Trinajstić information content (AvgIpc) is 3.11. The van der Waals surface area contributed by atoms with Crippen LogP contribution in [-0.2, 0) is 20.9 Å². The Morgan fingerprint density at radius 3 is 2.58 bits per heavy atom. The first-order valence-electron chi connectivity index (χ1n) is 8.72. The third-order valence-corrected chi connectivity index (χ3v) is 4.75. The maximum Gasteiger partial charge on any atom is 0.410 e. The van der Waals surface area contributed by atoms with E-state index >= 15 is 0 Å². The molecule has 5 heteroatoms. The summed E-state index contributed by atoms with van der Waals surface area (Å²) in [7, 11) is 1.35. The van der Waals surface area contributed by atoms with Crippen LogP contribution in [0.25, 0.3) is 0 Å². The first-order valence-corrected chi connectivity index (χ1v) is 8.72. The van der Waals surface area contributed by atoms with Gasteiger partial charge in [0.2, 0.25) is 0 Å². The zero-order valence-electron chi connectivity index (χ0n) is 15.1. The van der Waals surface area contributed by atoms with Gasteiger partial charge in [0.1, 0.15) is 12.6 Å². The monoisotopic (exact) mass is 353 g/mol. The first-order chi connectivity index (χ1) is 12.6. The molecular formula is C21H23NO4. The fourth-order valence-electron chi connectivity index (χ4n) is 3.46. The fraction of sp³-hybridized carbons (Fsp3) is 0.333. The van der Waals surface area contributed by atoms with Crippen molar-refractivity contribution < 1.29 is 19.1 Å². The van der Waals surface area contributed by atoms with Crippen LogP contribution in [-0.4, -0.2) is 36.7 Å². The molecule has 5 nitrogen and oxygen atoms in total. The number of aryl methyl sites for hydroxylation is 1. The van der Waals surface area contributed by atoms with E-state index in [1.807, 2.05) is 55.5 Å². The predicted molar refractivity (Wildman–Crippen MR) is 97.7 cm³/mol. The highest BCUT2D eigenvalue weighted by molar-refractivity contribution is 5.83. The lowest BCUT2D eigenvalue weighted by Gasteiger charge is -2.25. The van der Waals surface area contributed by atoms with Crippen LogP contribution in [0, 0.1) is 6.92 Å². The quantitative estimate of drug-likeness (QED) is 0.787. The lowest BCUT2D eigenvalue weighted by Crippen LogP contribution is -2.43. The number of likely N-dealkylation sites (tertiary alicyclic amines) is 1. The molecule has 0 aliphatic carbocycles. The largest absolute Gasteiger partial charge is 0.467 e. The van der Waals surface area contributed by atoms with Crippen LogP contribution in [0.3, 0.4) is 0 Å². The first kappa shape index (κ1) is 18.0. The zero-order chi connectivity index (χ0) is 18.5. The number of carbonyl (C=O) groups excluding carboxylic acids is 2. The molecule has 2 atom stereocenters. The standard InChI is InChI=1S/C21H23NO4/c1-15-7-6-10-17(13-15)18-11-12-22(19(18)20(23)25-2)21(24)26-14-16-8-4-3-5-9-16/h3-10,13,18-19H,11-12,14H2,1-2H3/t18-,19+/m0/s1. The second kappa shape index (κ2) is 8.04. The normalized spacial score (nSPS) is 19.2. The van der Waals surface area contributed by atoms with Crippen molar-refractivity contribution in [2.75, 3.05) is 13.7 Å². The number of hydrogen-bond donors (Lipinski definition) is 0. The van der Waals surface area contributed by atoms with E-state index < -0.39 is 18.1 Å². The van der Waals surface area contributed by atoms with Gasteiger partial charge in [-0.2, -0.15) is 0 Å². The summed E-state index contributed by atoms with van der Waals surface area (Å²) in [4.78, 5) is 26.5. The average molecular weight is 353 g/mol. The molecule has 1 aliphatic rings. The molecule has 1 amide bonds. The number of rotatable bonds is 4. The Bertz CT molecular complexity index is 775. The van der Waals surface area contributed by atoms with Crippen molar-refractivity contribution in [2.45, 2.75) is 31.9 Å². The maximum atomic E-state index is 12.6. The molecule has 1 saturated heterocycles. The van der Waals surface area contributed by atoms with E-state index in [1.165, 1.54) is 12.0 Å². The van der Waals surface area contributed by atoms with E-state index in [9.17, 15) is 9.59 Å². The Kier molecular flexibility index (Phi) is 5.56. The topological polar surface area (TPSA) is 55.8 Å². The summed E-state index contributed by atoms with van der Waals surface area (Å²) < 4.78 is 10.4. The highest BCUT2D eigenvalue weighted by atomic mass is 16.6. The Balaban J connectivity index is 1.75. The smallest absolute Gasteiger partial charge is 0.410 e. The van der Waals surface area contributed by atoms with Crippen molar-refractivity contribution in [2.24, 2.45) is 0 Å². The van der Waals surface area contributed by atoms with Crippen LogP contribution < -0.4 is 0 Å². The summed E-state index contributed by atoms with van der Waals surface area (Å²) in [5.41, 5.74) is 3.07. The summed E-state index contributed by atoms with van der Waals surface area (Å²) in [5, 5.41) is 0. The van der Waals surface area contributed by atoms with Crippen molar-refractivity contribution in [3.05, 3.63) is 71.3 Å². The van der Waals surface area contributed by atoms with Crippen molar-refractivity contribution >= 4 is 12.1 Å². The summed E-state index contributed by atoms with van der Waals surface area (Å²) in [6.07, 6.45) is 0.211. The van der Waals surface area contributed by atoms with Gasteiger partial charge >= 0.3 is 12.1 Å². The molecule has 1 heterocycles. The van der Waals surface area contributed by atoms with E-state index in [2.05, 4.69) is 6.07 Å². The Hall–Kier alpha value is -2.82. The molecule has 0 bridgehead atoms.